The molecule has 0 aliphatic carbocycles. The predicted molar refractivity (Wildman–Crippen MR) is 135 cm³/mol. The van der Waals surface area contributed by atoms with Crippen molar-refractivity contribution in [2.24, 2.45) is 0 Å². The molecular weight excluding hydrogens is 408 g/mol. The molecule has 0 aliphatic rings. The fraction of sp³-hybridized carbons (Fsp3) is 0.621. The summed E-state index contributed by atoms with van der Waals surface area (Å²) in [6, 6.07) is 5.44. The quantitative estimate of drug-likeness (QED) is 0.227. The number of benzene rings is 1. The summed E-state index contributed by atoms with van der Waals surface area (Å²) < 4.78 is 0. The Kier molecular flexibility index (Phi) is 13.4. The van der Waals surface area contributed by atoms with Crippen molar-refractivity contribution in [1.29, 1.82) is 0 Å². The molecule has 1 aromatic carbocycles. The van der Waals surface area contributed by atoms with Gasteiger partial charge in [-0.05, 0) is 37.3 Å². The maximum Gasteiger partial charge on any atom is 0.0885 e. The van der Waals surface area contributed by atoms with Gasteiger partial charge in [-0.2, -0.15) is 0 Å². The van der Waals surface area contributed by atoms with Crippen molar-refractivity contribution in [1.82, 2.24) is 9.97 Å². The number of unbranched alkanes of at least 4 members (excludes halogenated alkanes) is 12. The van der Waals surface area contributed by atoms with Crippen LogP contribution in [0.1, 0.15) is 125 Å². The number of carboxylic acids is 1. The normalized spacial score (nSPS) is 11.1. The minimum atomic E-state index is -1.10. The van der Waals surface area contributed by atoms with Crippen molar-refractivity contribution in [3.63, 3.8) is 0 Å². The first-order chi connectivity index (χ1) is 16.2. The van der Waals surface area contributed by atoms with E-state index in [1.807, 2.05) is 24.5 Å². The van der Waals surface area contributed by atoms with Crippen LogP contribution in [-0.4, -0.2) is 15.9 Å². The lowest BCUT2D eigenvalue weighted by atomic mass is 9.97. The van der Waals surface area contributed by atoms with Crippen LogP contribution >= 0.6 is 0 Å². The molecule has 182 valence electrons. The van der Waals surface area contributed by atoms with Crippen molar-refractivity contribution >= 4 is 5.97 Å². The van der Waals surface area contributed by atoms with Crippen molar-refractivity contribution in [2.45, 2.75) is 117 Å². The zero-order valence-electron chi connectivity index (χ0n) is 20.9. The number of hydrogen-bond acceptors (Lipinski definition) is 4. The minimum absolute atomic E-state index is 0.298. The topological polar surface area (TPSA) is 65.9 Å². The summed E-state index contributed by atoms with van der Waals surface area (Å²) in [7, 11) is 0. The highest BCUT2D eigenvalue weighted by Gasteiger charge is 2.08. The van der Waals surface area contributed by atoms with Crippen LogP contribution in [0.3, 0.4) is 0 Å². The summed E-state index contributed by atoms with van der Waals surface area (Å²) in [5.74, 6) is -1.10. The average Bonchev–Trinajstić information content (AvgIpc) is 2.83. The number of nitrogens with zero attached hydrogens (tertiary/aromatic N) is 2. The molecule has 0 N–H and O–H groups in total. The van der Waals surface area contributed by atoms with Crippen LogP contribution in [0.2, 0.25) is 0 Å². The Morgan fingerprint density at radius 1 is 0.727 bits per heavy atom. The molecule has 0 unspecified atom stereocenters. The van der Waals surface area contributed by atoms with Gasteiger partial charge in [0.25, 0.3) is 0 Å². The lowest BCUT2D eigenvalue weighted by molar-refractivity contribution is -0.255. The molecule has 2 aromatic rings. The van der Waals surface area contributed by atoms with Gasteiger partial charge in [0.1, 0.15) is 0 Å². The van der Waals surface area contributed by atoms with Crippen LogP contribution in [0, 0.1) is 0 Å². The van der Waals surface area contributed by atoms with E-state index in [1.54, 1.807) is 6.07 Å². The van der Waals surface area contributed by atoms with E-state index in [0.29, 0.717) is 5.56 Å². The maximum absolute atomic E-state index is 11.6. The Morgan fingerprint density at radius 3 is 1.85 bits per heavy atom. The summed E-state index contributed by atoms with van der Waals surface area (Å²) in [6.07, 6.45) is 23.0. The second kappa shape index (κ2) is 16.4. The van der Waals surface area contributed by atoms with E-state index in [2.05, 4.69) is 23.8 Å². The Balaban J connectivity index is 1.86. The molecule has 1 aromatic heterocycles. The van der Waals surface area contributed by atoms with E-state index in [-0.39, 0.29) is 0 Å². The van der Waals surface area contributed by atoms with Crippen LogP contribution in [0.4, 0.5) is 0 Å². The number of carbonyl (C=O) groups is 1. The summed E-state index contributed by atoms with van der Waals surface area (Å²) in [5, 5.41) is 11.6. The smallest absolute Gasteiger partial charge is 0.0885 e. The zero-order valence-corrected chi connectivity index (χ0v) is 20.9. The van der Waals surface area contributed by atoms with Gasteiger partial charge in [0.15, 0.2) is 0 Å². The molecule has 1 heterocycles. The predicted octanol–water partition coefficient (Wildman–Crippen LogP) is 7.09. The largest absolute Gasteiger partial charge is 0.545 e. The van der Waals surface area contributed by atoms with Gasteiger partial charge in [0, 0.05) is 17.3 Å². The third-order valence-corrected chi connectivity index (χ3v) is 6.41. The number of carboxylic acid groups (broad SMARTS) is 1. The standard InChI is InChI=1S/C29H44N2O2/c1-3-5-7-9-11-12-14-16-18-26-22-31-28(23-30-26)25-19-20-27(29(32)33)24(21-25)17-15-13-10-8-6-4-2/h19-23H,3-18H2,1-2H3,(H,32,33)/p-1. The highest BCUT2D eigenvalue weighted by molar-refractivity contribution is 5.88. The third kappa shape index (κ3) is 10.5. The fourth-order valence-electron chi connectivity index (χ4n) is 4.33. The zero-order chi connectivity index (χ0) is 23.7. The van der Waals surface area contributed by atoms with Crippen LogP contribution in [0.25, 0.3) is 11.3 Å². The summed E-state index contributed by atoms with van der Waals surface area (Å²) in [4.78, 5) is 20.8. The van der Waals surface area contributed by atoms with Crippen LogP contribution in [0.5, 0.6) is 0 Å². The summed E-state index contributed by atoms with van der Waals surface area (Å²) in [6.45, 7) is 4.47. The van der Waals surface area contributed by atoms with Crippen molar-refractivity contribution in [3.05, 3.63) is 47.4 Å². The number of aryl methyl sites for hydroxylation is 2. The Hall–Kier alpha value is -2.23. The Bertz CT molecular complexity index is 802. The number of aromatic carboxylic acids is 1. The second-order valence-corrected chi connectivity index (χ2v) is 9.30. The second-order valence-electron chi connectivity index (χ2n) is 9.30. The molecule has 0 radical (unpaired) electrons. The minimum Gasteiger partial charge on any atom is -0.545 e. The number of hydrogen-bond donors (Lipinski definition) is 0. The van der Waals surface area contributed by atoms with Crippen LogP contribution in [0.15, 0.2) is 30.6 Å². The highest BCUT2D eigenvalue weighted by Crippen LogP contribution is 2.23. The van der Waals surface area contributed by atoms with Gasteiger partial charge in [-0.3, -0.25) is 9.97 Å². The molecule has 0 atom stereocenters. The number of rotatable bonds is 18. The molecular formula is C29H43N2O2-. The molecule has 0 spiro atoms. The van der Waals surface area contributed by atoms with Gasteiger partial charge in [-0.25, -0.2) is 0 Å². The first kappa shape index (κ1) is 27.0. The Morgan fingerprint density at radius 2 is 1.30 bits per heavy atom. The van der Waals surface area contributed by atoms with E-state index in [0.717, 1.165) is 54.6 Å². The van der Waals surface area contributed by atoms with Gasteiger partial charge >= 0.3 is 0 Å². The number of carbonyl (C=O) groups excluding carboxylic acids is 1. The maximum atomic E-state index is 11.6. The van der Waals surface area contributed by atoms with Crippen LogP contribution in [-0.2, 0) is 12.8 Å². The molecule has 33 heavy (non-hydrogen) atoms. The first-order valence-electron chi connectivity index (χ1n) is 13.3. The van der Waals surface area contributed by atoms with E-state index in [1.165, 1.54) is 70.6 Å². The van der Waals surface area contributed by atoms with Crippen molar-refractivity contribution < 1.29 is 9.90 Å². The molecule has 0 fully saturated rings. The molecule has 4 heteroatoms. The summed E-state index contributed by atoms with van der Waals surface area (Å²) >= 11 is 0. The molecule has 2 rings (SSSR count). The van der Waals surface area contributed by atoms with E-state index in [4.69, 9.17) is 0 Å². The van der Waals surface area contributed by atoms with Crippen molar-refractivity contribution in [2.75, 3.05) is 0 Å². The molecule has 4 nitrogen and oxygen atoms in total. The molecule has 0 amide bonds. The van der Waals surface area contributed by atoms with Crippen LogP contribution < -0.4 is 5.11 Å². The van der Waals surface area contributed by atoms with E-state index < -0.39 is 5.97 Å². The molecule has 0 bridgehead atoms. The van der Waals surface area contributed by atoms with Gasteiger partial charge in [-0.1, -0.05) is 103 Å². The summed E-state index contributed by atoms with van der Waals surface area (Å²) in [5.41, 5.74) is 3.89. The lowest BCUT2D eigenvalue weighted by Crippen LogP contribution is -2.23. The lowest BCUT2D eigenvalue weighted by Gasteiger charge is -2.13. The van der Waals surface area contributed by atoms with Gasteiger partial charge < -0.3 is 9.90 Å². The fourth-order valence-corrected chi connectivity index (χ4v) is 4.33. The van der Waals surface area contributed by atoms with Gasteiger partial charge in [-0.15, -0.1) is 0 Å². The van der Waals surface area contributed by atoms with E-state index in [9.17, 15) is 9.90 Å². The first-order valence-corrected chi connectivity index (χ1v) is 13.3. The molecule has 0 saturated carbocycles. The number of aromatic nitrogens is 2. The van der Waals surface area contributed by atoms with Crippen molar-refractivity contribution in [3.8, 4) is 11.3 Å². The highest BCUT2D eigenvalue weighted by atomic mass is 16.4. The monoisotopic (exact) mass is 451 g/mol. The Labute approximate surface area is 201 Å². The molecule has 0 saturated heterocycles. The third-order valence-electron chi connectivity index (χ3n) is 6.41. The molecule has 0 aliphatic heterocycles. The van der Waals surface area contributed by atoms with E-state index >= 15 is 0 Å². The van der Waals surface area contributed by atoms with Gasteiger partial charge in [0.2, 0.25) is 0 Å². The average molecular weight is 452 g/mol. The SMILES string of the molecule is CCCCCCCCCCc1cnc(-c2ccc(C(=O)[O-])c(CCCCCCCC)c2)cn1. The van der Waals surface area contributed by atoms with Gasteiger partial charge in [0.05, 0.1) is 23.6 Å².